The molecule has 0 aliphatic carbocycles. The van der Waals surface area contributed by atoms with Gasteiger partial charge in [0.05, 0.1) is 7.11 Å². The molecule has 0 bridgehead atoms. The zero-order chi connectivity index (χ0) is 30.1. The summed E-state index contributed by atoms with van der Waals surface area (Å²) in [6, 6.07) is 3.36. The molecule has 0 radical (unpaired) electrons. The van der Waals surface area contributed by atoms with E-state index in [1.807, 2.05) is 52.8 Å². The fraction of sp³-hybridized carbons (Fsp3) is 0.667. The summed E-state index contributed by atoms with van der Waals surface area (Å²) < 4.78 is 10.1. The third-order valence-corrected chi connectivity index (χ3v) is 6.38. The lowest BCUT2D eigenvalue weighted by Crippen LogP contribution is -2.57. The number of hydrogen-bond donors (Lipinski definition) is 2. The third kappa shape index (κ3) is 10.9. The van der Waals surface area contributed by atoms with Gasteiger partial charge in [-0.1, -0.05) is 51.5 Å². The van der Waals surface area contributed by atoms with E-state index in [2.05, 4.69) is 24.5 Å². The van der Waals surface area contributed by atoms with Crippen LogP contribution in [0.5, 0.6) is 0 Å². The zero-order valence-corrected chi connectivity index (χ0v) is 25.6. The quantitative estimate of drug-likeness (QED) is 0.362. The smallest absolute Gasteiger partial charge is 0.408 e. The first-order chi connectivity index (χ1) is 18.0. The Morgan fingerprint density at radius 3 is 2.08 bits per heavy atom. The van der Waals surface area contributed by atoms with Crippen LogP contribution >= 0.6 is 0 Å². The van der Waals surface area contributed by atoms with E-state index >= 15 is 0 Å². The number of benzene rings is 1. The number of methoxy groups -OCH3 is 1. The molecule has 0 aliphatic heterocycles. The van der Waals surface area contributed by atoms with Crippen molar-refractivity contribution in [1.29, 1.82) is 0 Å². The highest BCUT2D eigenvalue weighted by Gasteiger charge is 2.40. The zero-order valence-electron chi connectivity index (χ0n) is 25.6. The Morgan fingerprint density at radius 2 is 1.59 bits per heavy atom. The maximum absolute atomic E-state index is 14.3. The number of nitrogens with zero attached hydrogens (tertiary/aromatic N) is 1. The summed E-state index contributed by atoms with van der Waals surface area (Å²) in [5, 5.41) is 5.39. The number of ether oxygens (including phenoxy) is 2. The van der Waals surface area contributed by atoms with Crippen LogP contribution in [0.4, 0.5) is 4.79 Å². The average molecular weight is 548 g/mol. The predicted octanol–water partition coefficient (Wildman–Crippen LogP) is 4.84. The minimum Gasteiger partial charge on any atom is -0.468 e. The second kappa shape index (κ2) is 14.9. The van der Waals surface area contributed by atoms with Crippen molar-refractivity contribution in [2.75, 3.05) is 13.7 Å². The number of amides is 3. The Balaban J connectivity index is 3.67. The first-order valence-corrected chi connectivity index (χ1v) is 13.7. The van der Waals surface area contributed by atoms with Gasteiger partial charge in [-0.25, -0.2) is 4.79 Å². The maximum atomic E-state index is 14.3. The molecule has 220 valence electrons. The molecule has 3 amide bonds. The van der Waals surface area contributed by atoms with Crippen LogP contribution in [-0.4, -0.2) is 60.1 Å². The van der Waals surface area contributed by atoms with E-state index in [-0.39, 0.29) is 18.5 Å². The van der Waals surface area contributed by atoms with E-state index in [4.69, 9.17) is 9.47 Å². The number of nitrogens with one attached hydrogen (secondary N) is 2. The van der Waals surface area contributed by atoms with Crippen molar-refractivity contribution in [2.45, 2.75) is 106 Å². The van der Waals surface area contributed by atoms with Crippen molar-refractivity contribution in [3.8, 4) is 0 Å². The molecule has 1 rings (SSSR count). The predicted molar refractivity (Wildman–Crippen MR) is 152 cm³/mol. The van der Waals surface area contributed by atoms with E-state index in [1.165, 1.54) is 7.11 Å². The number of rotatable bonds is 12. The van der Waals surface area contributed by atoms with Crippen LogP contribution in [-0.2, 0) is 23.9 Å². The molecule has 9 nitrogen and oxygen atoms in total. The summed E-state index contributed by atoms with van der Waals surface area (Å²) in [7, 11) is 1.25. The third-order valence-electron chi connectivity index (χ3n) is 6.38. The van der Waals surface area contributed by atoms with Gasteiger partial charge in [-0.2, -0.15) is 0 Å². The number of aryl methyl sites for hydroxylation is 2. The first kappa shape index (κ1) is 33.9. The largest absolute Gasteiger partial charge is 0.468 e. The second-order valence-corrected chi connectivity index (χ2v) is 12.0. The molecule has 3 atom stereocenters. The molecular weight excluding hydrogens is 498 g/mol. The SMILES string of the molecule is COC(=O)CNC(=O)C(c1ccc(C)cc1C)N(C(=O)C(NC(=O)OC(C)(C)C)C(C)C)C(C)CCC(C)C. The lowest BCUT2D eigenvalue weighted by molar-refractivity contribution is -0.147. The van der Waals surface area contributed by atoms with Crippen LogP contribution in [0.2, 0.25) is 0 Å². The molecule has 0 saturated carbocycles. The lowest BCUT2D eigenvalue weighted by Gasteiger charge is -2.40. The van der Waals surface area contributed by atoms with Gasteiger partial charge in [-0.15, -0.1) is 0 Å². The van der Waals surface area contributed by atoms with Crippen LogP contribution in [0.1, 0.15) is 91.0 Å². The molecule has 39 heavy (non-hydrogen) atoms. The van der Waals surface area contributed by atoms with Gasteiger partial charge in [0.1, 0.15) is 24.2 Å². The van der Waals surface area contributed by atoms with Gasteiger partial charge < -0.3 is 25.0 Å². The molecule has 0 aliphatic rings. The van der Waals surface area contributed by atoms with Crippen molar-refractivity contribution >= 4 is 23.9 Å². The summed E-state index contributed by atoms with van der Waals surface area (Å²) in [4.78, 5) is 54.3. The molecule has 1 aromatic rings. The van der Waals surface area contributed by atoms with E-state index in [1.54, 1.807) is 25.7 Å². The Hall–Kier alpha value is -3.10. The average Bonchev–Trinajstić information content (AvgIpc) is 2.81. The molecule has 0 saturated heterocycles. The fourth-order valence-corrected chi connectivity index (χ4v) is 4.30. The molecule has 3 unspecified atom stereocenters. The molecule has 0 spiro atoms. The normalized spacial score (nSPS) is 13.9. The van der Waals surface area contributed by atoms with E-state index in [0.29, 0.717) is 17.9 Å². The number of alkyl carbamates (subject to hydrolysis) is 1. The lowest BCUT2D eigenvalue weighted by atomic mass is 9.92. The van der Waals surface area contributed by atoms with E-state index < -0.39 is 41.6 Å². The highest BCUT2D eigenvalue weighted by atomic mass is 16.6. The molecular formula is C30H49N3O6. The number of carbonyl (C=O) groups excluding carboxylic acids is 4. The molecule has 0 heterocycles. The Kier molecular flexibility index (Phi) is 13.0. The van der Waals surface area contributed by atoms with Crippen molar-refractivity contribution in [3.63, 3.8) is 0 Å². The van der Waals surface area contributed by atoms with Gasteiger partial charge in [-0.05, 0) is 77.3 Å². The second-order valence-electron chi connectivity index (χ2n) is 12.0. The van der Waals surface area contributed by atoms with Crippen molar-refractivity contribution in [3.05, 3.63) is 34.9 Å². The van der Waals surface area contributed by atoms with Gasteiger partial charge in [-0.3, -0.25) is 14.4 Å². The summed E-state index contributed by atoms with van der Waals surface area (Å²) in [5.41, 5.74) is 1.76. The summed E-state index contributed by atoms with van der Waals surface area (Å²) in [6.45, 7) is 18.6. The van der Waals surface area contributed by atoms with Crippen LogP contribution in [0.25, 0.3) is 0 Å². The molecule has 0 aromatic heterocycles. The van der Waals surface area contributed by atoms with Crippen molar-refractivity contribution < 1.29 is 28.7 Å². The van der Waals surface area contributed by atoms with Crippen LogP contribution in [0, 0.1) is 25.7 Å². The fourth-order valence-electron chi connectivity index (χ4n) is 4.30. The molecule has 1 aromatic carbocycles. The van der Waals surface area contributed by atoms with Gasteiger partial charge in [0.25, 0.3) is 0 Å². The molecule has 9 heteroatoms. The van der Waals surface area contributed by atoms with Gasteiger partial charge >= 0.3 is 12.1 Å². The van der Waals surface area contributed by atoms with Crippen LogP contribution < -0.4 is 10.6 Å². The van der Waals surface area contributed by atoms with Crippen molar-refractivity contribution in [2.24, 2.45) is 11.8 Å². The minimum atomic E-state index is -1.04. The monoisotopic (exact) mass is 547 g/mol. The van der Waals surface area contributed by atoms with E-state index in [9.17, 15) is 19.2 Å². The maximum Gasteiger partial charge on any atom is 0.408 e. The Labute approximate surface area is 234 Å². The van der Waals surface area contributed by atoms with Gasteiger partial charge in [0.15, 0.2) is 0 Å². The molecule has 2 N–H and O–H groups in total. The van der Waals surface area contributed by atoms with E-state index in [0.717, 1.165) is 17.5 Å². The molecule has 0 fully saturated rings. The first-order valence-electron chi connectivity index (χ1n) is 13.7. The van der Waals surface area contributed by atoms with Crippen molar-refractivity contribution in [1.82, 2.24) is 15.5 Å². The minimum absolute atomic E-state index is 0.289. The summed E-state index contributed by atoms with van der Waals surface area (Å²) in [6.07, 6.45) is 0.773. The van der Waals surface area contributed by atoms with Crippen LogP contribution in [0.15, 0.2) is 18.2 Å². The number of hydrogen-bond acceptors (Lipinski definition) is 6. The van der Waals surface area contributed by atoms with Gasteiger partial charge in [0.2, 0.25) is 11.8 Å². The highest BCUT2D eigenvalue weighted by Crippen LogP contribution is 2.30. The standard InChI is InChI=1S/C30H49N3O6/c1-18(2)12-14-22(7)33(28(36)25(19(3)4)32-29(37)39-30(8,9)10)26(27(35)31-17-24(34)38-11)23-15-13-20(5)16-21(23)6/h13,15-16,18-19,22,25-26H,12,14,17H2,1-11H3,(H,31,35)(H,32,37). The summed E-state index contributed by atoms with van der Waals surface area (Å²) in [5.74, 6) is -1.40. The van der Waals surface area contributed by atoms with Crippen LogP contribution in [0.3, 0.4) is 0 Å². The highest BCUT2D eigenvalue weighted by molar-refractivity contribution is 5.93. The van der Waals surface area contributed by atoms with Gasteiger partial charge in [0, 0.05) is 6.04 Å². The topological polar surface area (TPSA) is 114 Å². The number of esters is 1. The number of carbonyl (C=O) groups is 4. The Morgan fingerprint density at radius 1 is 0.974 bits per heavy atom. The summed E-state index contributed by atoms with van der Waals surface area (Å²) >= 11 is 0. The Bertz CT molecular complexity index is 999.